The van der Waals surface area contributed by atoms with Crippen LogP contribution in [0.4, 0.5) is 40.8 Å². The molecule has 1 aliphatic rings. The zero-order chi connectivity index (χ0) is 35.0. The molecule has 3 heterocycles. The maximum absolute atomic E-state index is 15.2. The third-order valence-corrected chi connectivity index (χ3v) is 7.86. The van der Waals surface area contributed by atoms with Crippen LogP contribution in [0, 0.1) is 18.6 Å². The lowest BCUT2D eigenvalue weighted by molar-refractivity contribution is -0.167. The Bertz CT molecular complexity index is 1840. The SMILES string of the molecule is COC(=O)[C@H](Cc1ccc(-c2nccc(C)c2C(F)(F)F)c2ncccc12)NC(=O)c1c(F)cc(N2CCOC[C@@H]2C(F)(F)F)cc1F. The summed E-state index contributed by atoms with van der Waals surface area (Å²) in [5, 5.41) is 2.50. The summed E-state index contributed by atoms with van der Waals surface area (Å²) in [4.78, 5) is 34.9. The van der Waals surface area contributed by atoms with Gasteiger partial charge in [-0.25, -0.2) is 13.6 Å². The first-order chi connectivity index (χ1) is 22.6. The number of benzene rings is 2. The van der Waals surface area contributed by atoms with E-state index in [1.807, 2.05) is 0 Å². The Kier molecular flexibility index (Phi) is 9.58. The van der Waals surface area contributed by atoms with Crippen molar-refractivity contribution >= 4 is 28.5 Å². The summed E-state index contributed by atoms with van der Waals surface area (Å²) < 4.78 is 123. The van der Waals surface area contributed by atoms with Crippen LogP contribution < -0.4 is 10.2 Å². The number of halogens is 8. The van der Waals surface area contributed by atoms with Crippen molar-refractivity contribution < 1.29 is 54.2 Å². The smallest absolute Gasteiger partial charge is 0.418 e. The predicted octanol–water partition coefficient (Wildman–Crippen LogP) is 6.18. The van der Waals surface area contributed by atoms with Gasteiger partial charge < -0.3 is 19.7 Å². The quantitative estimate of drug-likeness (QED) is 0.184. The van der Waals surface area contributed by atoms with Crippen molar-refractivity contribution in [2.45, 2.75) is 37.8 Å². The van der Waals surface area contributed by atoms with Gasteiger partial charge in [-0.3, -0.25) is 14.8 Å². The Morgan fingerprint density at radius 1 is 1.04 bits per heavy atom. The molecule has 5 rings (SSSR count). The molecule has 1 N–H and O–H groups in total. The third-order valence-electron chi connectivity index (χ3n) is 7.86. The molecule has 48 heavy (non-hydrogen) atoms. The summed E-state index contributed by atoms with van der Waals surface area (Å²) >= 11 is 0. The molecule has 0 saturated carbocycles. The molecule has 0 aliphatic carbocycles. The van der Waals surface area contributed by atoms with Crippen molar-refractivity contribution in [1.29, 1.82) is 0 Å². The van der Waals surface area contributed by atoms with Crippen LogP contribution in [0.3, 0.4) is 0 Å². The molecule has 2 aromatic heterocycles. The number of pyridine rings is 2. The van der Waals surface area contributed by atoms with Gasteiger partial charge in [0.05, 0.1) is 37.1 Å². The lowest BCUT2D eigenvalue weighted by Crippen LogP contribution is -2.53. The molecular formula is C32H26F8N4O4. The highest BCUT2D eigenvalue weighted by molar-refractivity contribution is 5.99. The minimum absolute atomic E-state index is 0.0429. The number of nitrogens with one attached hydrogen (secondary N) is 1. The minimum Gasteiger partial charge on any atom is -0.467 e. The van der Waals surface area contributed by atoms with Gasteiger partial charge in [0.15, 0.2) is 0 Å². The summed E-state index contributed by atoms with van der Waals surface area (Å²) in [5.41, 5.74) is -2.57. The van der Waals surface area contributed by atoms with Gasteiger partial charge in [-0.2, -0.15) is 26.3 Å². The number of anilines is 1. The number of nitrogens with zero attached hydrogens (tertiary/aromatic N) is 3. The van der Waals surface area contributed by atoms with Crippen LogP contribution in [-0.2, 0) is 26.9 Å². The number of carbonyl (C=O) groups is 2. The number of fused-ring (bicyclic) bond motifs is 1. The summed E-state index contributed by atoms with van der Waals surface area (Å²) in [5.74, 6) is -5.39. The average molecular weight is 683 g/mol. The number of carbonyl (C=O) groups excluding carboxylic acids is 2. The van der Waals surface area contributed by atoms with Crippen LogP contribution in [0.1, 0.15) is 27.0 Å². The van der Waals surface area contributed by atoms with Gasteiger partial charge in [0.25, 0.3) is 5.91 Å². The molecule has 4 aromatic rings. The number of hydrogen-bond donors (Lipinski definition) is 1. The fourth-order valence-corrected chi connectivity index (χ4v) is 5.63. The molecule has 0 unspecified atom stereocenters. The Morgan fingerprint density at radius 3 is 2.40 bits per heavy atom. The number of esters is 1. The number of methoxy groups -OCH3 is 1. The lowest BCUT2D eigenvalue weighted by Gasteiger charge is -2.38. The topological polar surface area (TPSA) is 93.7 Å². The van der Waals surface area contributed by atoms with Crippen molar-refractivity contribution in [2.24, 2.45) is 0 Å². The van der Waals surface area contributed by atoms with Crippen LogP contribution in [0.2, 0.25) is 0 Å². The number of hydrogen-bond acceptors (Lipinski definition) is 7. The van der Waals surface area contributed by atoms with Gasteiger partial charge >= 0.3 is 18.3 Å². The summed E-state index contributed by atoms with van der Waals surface area (Å²) in [6, 6.07) is 4.41. The van der Waals surface area contributed by atoms with Gasteiger partial charge in [-0.05, 0) is 42.3 Å². The summed E-state index contributed by atoms with van der Waals surface area (Å²) in [6.45, 7) is 0.0851. The van der Waals surface area contributed by atoms with Gasteiger partial charge in [0, 0.05) is 42.0 Å². The van der Waals surface area contributed by atoms with E-state index in [1.54, 1.807) is 0 Å². The average Bonchev–Trinajstić information content (AvgIpc) is 3.02. The molecule has 16 heteroatoms. The Labute approximate surface area is 267 Å². The number of amides is 1. The maximum atomic E-state index is 15.2. The van der Waals surface area contributed by atoms with Gasteiger partial charge in [0.2, 0.25) is 0 Å². The molecule has 8 nitrogen and oxygen atoms in total. The van der Waals surface area contributed by atoms with Crippen molar-refractivity contribution in [3.8, 4) is 11.3 Å². The van der Waals surface area contributed by atoms with Crippen molar-refractivity contribution in [3.05, 3.63) is 88.7 Å². The highest BCUT2D eigenvalue weighted by atomic mass is 19.4. The second kappa shape index (κ2) is 13.3. The van der Waals surface area contributed by atoms with Gasteiger partial charge in [-0.1, -0.05) is 18.2 Å². The molecule has 254 valence electrons. The minimum atomic E-state index is -4.77. The van der Waals surface area contributed by atoms with E-state index in [0.29, 0.717) is 23.1 Å². The standard InChI is InChI=1S/C32H26F8N4O4/c1-16-7-9-42-28(26(16)32(38,39)40)20-6-5-17(19-4-3-8-41-27(19)20)12-23(30(46)47-2)43-29(45)25-21(33)13-18(14-22(25)34)44-10-11-48-15-24(44)31(35,36)37/h3-9,13-14,23-24H,10-12,15H2,1-2H3,(H,43,45)/t23-,24+/m0/s1. The highest BCUT2D eigenvalue weighted by Gasteiger charge is 2.46. The van der Waals surface area contributed by atoms with E-state index < -0.39 is 71.4 Å². The van der Waals surface area contributed by atoms with Gasteiger partial charge in [0.1, 0.15) is 29.3 Å². The van der Waals surface area contributed by atoms with Crippen LogP contribution in [-0.4, -0.2) is 67.0 Å². The van der Waals surface area contributed by atoms with E-state index in [9.17, 15) is 35.9 Å². The number of alkyl halides is 6. The van der Waals surface area contributed by atoms with E-state index >= 15 is 8.78 Å². The summed E-state index contributed by atoms with van der Waals surface area (Å²) in [7, 11) is 1.00. The van der Waals surface area contributed by atoms with Crippen molar-refractivity contribution in [1.82, 2.24) is 15.3 Å². The van der Waals surface area contributed by atoms with Crippen LogP contribution in [0.5, 0.6) is 0 Å². The summed E-state index contributed by atoms with van der Waals surface area (Å²) in [6.07, 6.45) is -7.28. The third kappa shape index (κ3) is 6.88. The number of rotatable bonds is 7. The molecule has 1 saturated heterocycles. The van der Waals surface area contributed by atoms with E-state index in [4.69, 9.17) is 9.47 Å². The van der Waals surface area contributed by atoms with E-state index in [2.05, 4.69) is 15.3 Å². The largest absolute Gasteiger partial charge is 0.467 e. The second-order valence-electron chi connectivity index (χ2n) is 10.9. The number of ether oxygens (including phenoxy) is 2. The number of aromatic nitrogens is 2. The normalized spacial score (nSPS) is 16.1. The first kappa shape index (κ1) is 34.5. The van der Waals surface area contributed by atoms with Crippen molar-refractivity contribution in [3.63, 3.8) is 0 Å². The first-order valence-corrected chi connectivity index (χ1v) is 14.3. The zero-order valence-electron chi connectivity index (χ0n) is 25.2. The molecule has 1 amide bonds. The van der Waals surface area contributed by atoms with E-state index in [0.717, 1.165) is 12.0 Å². The van der Waals surface area contributed by atoms with Crippen LogP contribution >= 0.6 is 0 Å². The van der Waals surface area contributed by atoms with Crippen LogP contribution in [0.25, 0.3) is 22.2 Å². The second-order valence-corrected chi connectivity index (χ2v) is 10.9. The van der Waals surface area contributed by atoms with E-state index in [-0.39, 0.29) is 41.9 Å². The molecule has 0 radical (unpaired) electrons. The highest BCUT2D eigenvalue weighted by Crippen LogP contribution is 2.40. The molecule has 1 aliphatic heterocycles. The lowest BCUT2D eigenvalue weighted by atomic mass is 9.94. The number of morpholine rings is 1. The first-order valence-electron chi connectivity index (χ1n) is 14.3. The van der Waals surface area contributed by atoms with Crippen molar-refractivity contribution in [2.75, 3.05) is 31.8 Å². The molecule has 0 bridgehead atoms. The Morgan fingerprint density at radius 2 is 1.75 bits per heavy atom. The fraction of sp³-hybridized carbons (Fsp3) is 0.312. The zero-order valence-corrected chi connectivity index (χ0v) is 25.2. The Hall–Kier alpha value is -4.86. The van der Waals surface area contributed by atoms with Gasteiger partial charge in [-0.15, -0.1) is 0 Å². The molecule has 2 aromatic carbocycles. The van der Waals surface area contributed by atoms with Crippen LogP contribution in [0.15, 0.2) is 54.9 Å². The number of aryl methyl sites for hydroxylation is 1. The predicted molar refractivity (Wildman–Crippen MR) is 156 cm³/mol. The monoisotopic (exact) mass is 682 g/mol. The maximum Gasteiger partial charge on any atom is 0.418 e. The molecule has 0 spiro atoms. The molecule has 2 atom stereocenters. The Balaban J connectivity index is 1.47. The van der Waals surface area contributed by atoms with E-state index in [1.165, 1.54) is 49.6 Å². The fourth-order valence-electron chi connectivity index (χ4n) is 5.63. The molecule has 1 fully saturated rings. The molecular weight excluding hydrogens is 656 g/mol.